The van der Waals surface area contributed by atoms with Gasteiger partial charge in [0.25, 0.3) is 5.91 Å². The van der Waals surface area contributed by atoms with Gasteiger partial charge in [-0.15, -0.1) is 0 Å². The minimum Gasteiger partial charge on any atom is -0.497 e. The van der Waals surface area contributed by atoms with Crippen molar-refractivity contribution >= 4 is 5.91 Å². The number of ether oxygens (including phenoxy) is 1. The fourth-order valence-corrected chi connectivity index (χ4v) is 3.89. The van der Waals surface area contributed by atoms with Gasteiger partial charge in [-0.25, -0.2) is 0 Å². The second-order valence-corrected chi connectivity index (χ2v) is 6.57. The van der Waals surface area contributed by atoms with E-state index in [9.17, 15) is 4.79 Å². The van der Waals surface area contributed by atoms with Crippen molar-refractivity contribution in [2.24, 2.45) is 0 Å². The van der Waals surface area contributed by atoms with Crippen molar-refractivity contribution in [2.75, 3.05) is 13.7 Å². The molecule has 0 N–H and O–H groups in total. The van der Waals surface area contributed by atoms with E-state index < -0.39 is 0 Å². The van der Waals surface area contributed by atoms with Gasteiger partial charge in [0.2, 0.25) is 0 Å². The number of benzene rings is 1. The van der Waals surface area contributed by atoms with Gasteiger partial charge in [0.1, 0.15) is 11.5 Å². The van der Waals surface area contributed by atoms with Crippen LogP contribution in [0.2, 0.25) is 0 Å². The van der Waals surface area contributed by atoms with E-state index in [1.54, 1.807) is 7.11 Å². The molecule has 0 unspecified atom stereocenters. The first-order valence-corrected chi connectivity index (χ1v) is 8.70. The monoisotopic (exact) mass is 326 g/mol. The summed E-state index contributed by atoms with van der Waals surface area (Å²) in [5, 5.41) is 4.11. The van der Waals surface area contributed by atoms with Gasteiger partial charge in [-0.2, -0.15) is 0 Å². The van der Waals surface area contributed by atoms with Gasteiger partial charge in [-0.3, -0.25) is 4.79 Å². The zero-order chi connectivity index (χ0) is 16.5. The Morgan fingerprint density at radius 2 is 2.17 bits per heavy atom. The van der Waals surface area contributed by atoms with Gasteiger partial charge in [-0.1, -0.05) is 17.3 Å². The third-order valence-corrected chi connectivity index (χ3v) is 5.14. The SMILES string of the molecule is COc1cccc([C@H]2CCCN2C(=O)c2noc3c2CCCC3)c1. The lowest BCUT2D eigenvalue weighted by Gasteiger charge is -2.25. The average molecular weight is 326 g/mol. The van der Waals surface area contributed by atoms with Crippen molar-refractivity contribution in [3.8, 4) is 5.75 Å². The standard InChI is InChI=1S/C19H22N2O3/c1-23-14-7-4-6-13(12-14)16-9-5-11-21(16)19(22)18-15-8-2-3-10-17(15)24-20-18/h4,6-7,12,16H,2-3,5,8-11H2,1H3/t16-/m1/s1. The Labute approximate surface area is 141 Å². The molecule has 4 rings (SSSR count). The van der Waals surface area contributed by atoms with Crippen LogP contribution < -0.4 is 4.74 Å². The van der Waals surface area contributed by atoms with Gasteiger partial charge in [-0.05, 0) is 49.8 Å². The molecule has 0 saturated carbocycles. The maximum absolute atomic E-state index is 13.1. The van der Waals surface area contributed by atoms with E-state index in [2.05, 4.69) is 11.2 Å². The fourth-order valence-electron chi connectivity index (χ4n) is 3.89. The first kappa shape index (κ1) is 15.2. The van der Waals surface area contributed by atoms with Crippen LogP contribution in [0.3, 0.4) is 0 Å². The summed E-state index contributed by atoms with van der Waals surface area (Å²) in [6.07, 6.45) is 6.00. The fraction of sp³-hybridized carbons (Fsp3) is 0.474. The normalized spacial score (nSPS) is 20.0. The second-order valence-electron chi connectivity index (χ2n) is 6.57. The highest BCUT2D eigenvalue weighted by molar-refractivity contribution is 5.94. The molecule has 0 radical (unpaired) electrons. The average Bonchev–Trinajstić information content (AvgIpc) is 3.28. The summed E-state index contributed by atoms with van der Waals surface area (Å²) >= 11 is 0. The highest BCUT2D eigenvalue weighted by Gasteiger charge is 2.34. The molecule has 2 aliphatic rings. The first-order chi connectivity index (χ1) is 11.8. The van der Waals surface area contributed by atoms with Crippen LogP contribution in [0.4, 0.5) is 0 Å². The molecule has 0 bridgehead atoms. The number of methoxy groups -OCH3 is 1. The molecule has 0 spiro atoms. The maximum Gasteiger partial charge on any atom is 0.276 e. The van der Waals surface area contributed by atoms with Gasteiger partial charge in [0, 0.05) is 18.5 Å². The van der Waals surface area contributed by atoms with Gasteiger partial charge in [0.15, 0.2) is 5.69 Å². The first-order valence-electron chi connectivity index (χ1n) is 8.70. The van der Waals surface area contributed by atoms with Crippen LogP contribution in [-0.2, 0) is 12.8 Å². The Morgan fingerprint density at radius 1 is 1.29 bits per heavy atom. The molecule has 1 fully saturated rings. The van der Waals surface area contributed by atoms with Crippen LogP contribution in [-0.4, -0.2) is 29.6 Å². The smallest absolute Gasteiger partial charge is 0.276 e. The number of fused-ring (bicyclic) bond motifs is 1. The molecule has 2 aromatic rings. The molecule has 1 aromatic carbocycles. The molecule has 1 atom stereocenters. The third-order valence-electron chi connectivity index (χ3n) is 5.14. The number of hydrogen-bond donors (Lipinski definition) is 0. The largest absolute Gasteiger partial charge is 0.497 e. The molecule has 1 amide bonds. The van der Waals surface area contributed by atoms with E-state index >= 15 is 0 Å². The molecule has 2 heterocycles. The number of carbonyl (C=O) groups excluding carboxylic acids is 1. The molecular weight excluding hydrogens is 304 g/mol. The van der Waals surface area contributed by atoms with Crippen LogP contribution in [0.15, 0.2) is 28.8 Å². The molecule has 1 aliphatic heterocycles. The number of carbonyl (C=O) groups is 1. The van der Waals surface area contributed by atoms with Crippen LogP contribution >= 0.6 is 0 Å². The van der Waals surface area contributed by atoms with Gasteiger partial charge in [0.05, 0.1) is 13.2 Å². The Bertz CT molecular complexity index is 753. The predicted octanol–water partition coefficient (Wildman–Crippen LogP) is 3.54. The summed E-state index contributed by atoms with van der Waals surface area (Å²) < 4.78 is 10.8. The molecule has 1 saturated heterocycles. The van der Waals surface area contributed by atoms with E-state index in [4.69, 9.17) is 9.26 Å². The number of rotatable bonds is 3. The summed E-state index contributed by atoms with van der Waals surface area (Å²) in [5.41, 5.74) is 2.68. The number of aromatic nitrogens is 1. The lowest BCUT2D eigenvalue weighted by molar-refractivity contribution is 0.0724. The van der Waals surface area contributed by atoms with Crippen molar-refractivity contribution in [3.63, 3.8) is 0 Å². The van der Waals surface area contributed by atoms with Crippen LogP contribution in [0, 0.1) is 0 Å². The van der Waals surface area contributed by atoms with E-state index in [0.717, 1.165) is 67.7 Å². The van der Waals surface area contributed by atoms with Crippen molar-refractivity contribution in [2.45, 2.75) is 44.6 Å². The topological polar surface area (TPSA) is 55.6 Å². The zero-order valence-corrected chi connectivity index (χ0v) is 14.0. The summed E-state index contributed by atoms with van der Waals surface area (Å²) in [6.45, 7) is 0.766. The van der Waals surface area contributed by atoms with E-state index in [-0.39, 0.29) is 11.9 Å². The van der Waals surface area contributed by atoms with Crippen molar-refractivity contribution in [1.82, 2.24) is 10.1 Å². The van der Waals surface area contributed by atoms with Gasteiger partial charge >= 0.3 is 0 Å². The zero-order valence-electron chi connectivity index (χ0n) is 14.0. The Balaban J connectivity index is 1.62. The Hall–Kier alpha value is -2.30. The Morgan fingerprint density at radius 3 is 3.04 bits per heavy atom. The Kier molecular flexibility index (Phi) is 4.00. The molecule has 126 valence electrons. The minimum absolute atomic E-state index is 0.00669. The highest BCUT2D eigenvalue weighted by atomic mass is 16.5. The highest BCUT2D eigenvalue weighted by Crippen LogP contribution is 2.35. The van der Waals surface area contributed by atoms with E-state index in [1.165, 1.54) is 0 Å². The van der Waals surface area contributed by atoms with Crippen LogP contribution in [0.5, 0.6) is 5.75 Å². The third kappa shape index (κ3) is 2.58. The molecule has 1 aromatic heterocycles. The van der Waals surface area contributed by atoms with E-state index in [0.29, 0.717) is 5.69 Å². The van der Waals surface area contributed by atoms with Crippen molar-refractivity contribution in [3.05, 3.63) is 46.8 Å². The number of nitrogens with zero attached hydrogens (tertiary/aromatic N) is 2. The molecule has 5 heteroatoms. The number of aryl methyl sites for hydroxylation is 1. The molecule has 1 aliphatic carbocycles. The van der Waals surface area contributed by atoms with E-state index in [1.807, 2.05) is 23.1 Å². The second kappa shape index (κ2) is 6.30. The maximum atomic E-state index is 13.1. The summed E-state index contributed by atoms with van der Waals surface area (Å²) in [4.78, 5) is 15.0. The minimum atomic E-state index is 0.00669. The van der Waals surface area contributed by atoms with Crippen LogP contribution in [0.25, 0.3) is 0 Å². The summed E-state index contributed by atoms with van der Waals surface area (Å²) in [6, 6.07) is 8.08. The lowest BCUT2D eigenvalue weighted by atomic mass is 9.96. The van der Waals surface area contributed by atoms with Crippen molar-refractivity contribution < 1.29 is 14.1 Å². The predicted molar refractivity (Wildman–Crippen MR) is 89.2 cm³/mol. The van der Waals surface area contributed by atoms with Crippen LogP contribution in [0.1, 0.15) is 59.1 Å². The lowest BCUT2D eigenvalue weighted by Crippen LogP contribution is -2.31. The number of hydrogen-bond acceptors (Lipinski definition) is 4. The quantitative estimate of drug-likeness (QED) is 0.866. The molecule has 24 heavy (non-hydrogen) atoms. The number of amides is 1. The van der Waals surface area contributed by atoms with Gasteiger partial charge < -0.3 is 14.2 Å². The molecular formula is C19H22N2O3. The summed E-state index contributed by atoms with van der Waals surface area (Å²) in [7, 11) is 1.67. The molecule has 5 nitrogen and oxygen atoms in total. The van der Waals surface area contributed by atoms with Crippen molar-refractivity contribution in [1.29, 1.82) is 0 Å². The summed E-state index contributed by atoms with van der Waals surface area (Å²) in [5.74, 6) is 1.74. The number of likely N-dealkylation sites (tertiary alicyclic amines) is 1.